The van der Waals surface area contributed by atoms with Crippen LogP contribution in [0, 0.1) is 13.8 Å². The summed E-state index contributed by atoms with van der Waals surface area (Å²) in [7, 11) is -2.90. The first-order valence-electron chi connectivity index (χ1n) is 5.69. The van der Waals surface area contributed by atoms with Gasteiger partial charge >= 0.3 is 0 Å². The molecule has 0 fully saturated rings. The van der Waals surface area contributed by atoms with Crippen molar-refractivity contribution in [1.82, 2.24) is 14.7 Å². The largest absolute Gasteiger partial charge is 0.310 e. The van der Waals surface area contributed by atoms with Gasteiger partial charge in [-0.1, -0.05) is 0 Å². The minimum atomic E-state index is -2.90. The molecule has 100 valence electrons. The Bertz CT molecular complexity index is 655. The van der Waals surface area contributed by atoms with Gasteiger partial charge in [-0.05, 0) is 13.8 Å². The highest BCUT2D eigenvalue weighted by Crippen LogP contribution is 2.20. The Hall–Kier alpha value is -0.920. The van der Waals surface area contributed by atoms with Gasteiger partial charge in [0.15, 0.2) is 4.96 Å². The third-order valence-corrected chi connectivity index (χ3v) is 4.66. The summed E-state index contributed by atoms with van der Waals surface area (Å²) in [6, 6.07) is 0. The fraction of sp³-hybridized carbons (Fsp3) is 0.545. The molecule has 0 aromatic carbocycles. The molecule has 0 unspecified atom stereocenters. The first kappa shape index (κ1) is 13.5. The summed E-state index contributed by atoms with van der Waals surface area (Å²) >= 11 is 1.62. The highest BCUT2D eigenvalue weighted by atomic mass is 32.2. The van der Waals surface area contributed by atoms with Crippen molar-refractivity contribution in [1.29, 1.82) is 0 Å². The maximum atomic E-state index is 11.0. The molecule has 0 atom stereocenters. The van der Waals surface area contributed by atoms with Crippen LogP contribution in [0.2, 0.25) is 0 Å². The van der Waals surface area contributed by atoms with Gasteiger partial charge in [-0.3, -0.25) is 4.40 Å². The number of aryl methyl sites for hydroxylation is 2. The van der Waals surface area contributed by atoms with E-state index in [-0.39, 0.29) is 5.75 Å². The van der Waals surface area contributed by atoms with E-state index >= 15 is 0 Å². The molecule has 0 aliphatic carbocycles. The fourth-order valence-electron chi connectivity index (χ4n) is 1.84. The molecule has 0 aliphatic heterocycles. The maximum absolute atomic E-state index is 11.0. The zero-order valence-corrected chi connectivity index (χ0v) is 12.4. The van der Waals surface area contributed by atoms with E-state index in [2.05, 4.69) is 20.1 Å². The van der Waals surface area contributed by atoms with Crippen LogP contribution in [0.5, 0.6) is 0 Å². The summed E-state index contributed by atoms with van der Waals surface area (Å²) in [5.74, 6) is 0.163. The number of hydrogen-bond acceptors (Lipinski definition) is 5. The number of hydrogen-bond donors (Lipinski definition) is 1. The highest BCUT2D eigenvalue weighted by molar-refractivity contribution is 7.90. The van der Waals surface area contributed by atoms with Crippen molar-refractivity contribution >= 4 is 26.1 Å². The van der Waals surface area contributed by atoms with E-state index in [0.29, 0.717) is 13.1 Å². The zero-order valence-electron chi connectivity index (χ0n) is 10.7. The number of nitrogens with one attached hydrogen (secondary N) is 1. The summed E-state index contributed by atoms with van der Waals surface area (Å²) in [6.07, 6.45) is 1.25. The van der Waals surface area contributed by atoms with Gasteiger partial charge in [-0.2, -0.15) is 0 Å². The number of nitrogens with zero attached hydrogens (tertiary/aromatic N) is 2. The van der Waals surface area contributed by atoms with Gasteiger partial charge < -0.3 is 5.32 Å². The predicted molar refractivity (Wildman–Crippen MR) is 74.0 cm³/mol. The maximum Gasteiger partial charge on any atom is 0.194 e. The normalized spacial score (nSPS) is 12.4. The van der Waals surface area contributed by atoms with Gasteiger partial charge in [0.25, 0.3) is 0 Å². The average molecular weight is 287 g/mol. The highest BCUT2D eigenvalue weighted by Gasteiger charge is 2.11. The Kier molecular flexibility index (Phi) is 3.74. The minimum Gasteiger partial charge on any atom is -0.310 e. The molecule has 2 aromatic rings. The molecule has 0 spiro atoms. The van der Waals surface area contributed by atoms with Crippen molar-refractivity contribution in [2.75, 3.05) is 18.6 Å². The van der Waals surface area contributed by atoms with Crippen LogP contribution in [-0.2, 0) is 16.4 Å². The first-order valence-corrected chi connectivity index (χ1v) is 8.63. The molecular weight excluding hydrogens is 270 g/mol. The smallest absolute Gasteiger partial charge is 0.194 e. The van der Waals surface area contributed by atoms with Crippen molar-refractivity contribution in [2.45, 2.75) is 20.4 Å². The molecule has 0 saturated heterocycles. The Morgan fingerprint density at radius 3 is 2.83 bits per heavy atom. The molecule has 0 amide bonds. The van der Waals surface area contributed by atoms with Gasteiger partial charge in [-0.15, -0.1) is 11.3 Å². The molecule has 2 rings (SSSR count). The number of thiazole rings is 1. The lowest BCUT2D eigenvalue weighted by Gasteiger charge is -2.05. The van der Waals surface area contributed by atoms with E-state index in [4.69, 9.17) is 0 Å². The van der Waals surface area contributed by atoms with Crippen LogP contribution in [0.25, 0.3) is 4.96 Å². The second kappa shape index (κ2) is 4.99. The minimum absolute atomic E-state index is 0.163. The molecule has 18 heavy (non-hydrogen) atoms. The SMILES string of the molecule is Cc1nc2scc(C)n2c1CNCCS(C)(=O)=O. The van der Waals surface area contributed by atoms with E-state index in [1.165, 1.54) is 6.26 Å². The van der Waals surface area contributed by atoms with Crippen molar-refractivity contribution in [3.8, 4) is 0 Å². The van der Waals surface area contributed by atoms with Gasteiger partial charge in [0, 0.05) is 30.4 Å². The van der Waals surface area contributed by atoms with E-state index in [1.54, 1.807) is 11.3 Å². The number of fused-ring (bicyclic) bond motifs is 1. The Morgan fingerprint density at radius 1 is 1.44 bits per heavy atom. The summed E-state index contributed by atoms with van der Waals surface area (Å²) in [6.45, 7) is 5.13. The molecule has 0 aliphatic rings. The van der Waals surface area contributed by atoms with Gasteiger partial charge in [0.2, 0.25) is 0 Å². The third-order valence-electron chi connectivity index (χ3n) is 2.77. The van der Waals surface area contributed by atoms with Gasteiger partial charge in [0.1, 0.15) is 9.84 Å². The van der Waals surface area contributed by atoms with Crippen LogP contribution in [0.3, 0.4) is 0 Å². The van der Waals surface area contributed by atoms with Crippen molar-refractivity contribution < 1.29 is 8.42 Å². The summed E-state index contributed by atoms with van der Waals surface area (Å²) in [4.78, 5) is 5.48. The van der Waals surface area contributed by atoms with Crippen LogP contribution in [0.1, 0.15) is 17.1 Å². The predicted octanol–water partition coefficient (Wildman–Crippen LogP) is 1.15. The lowest BCUT2D eigenvalue weighted by Crippen LogP contribution is -2.23. The molecular formula is C11H17N3O2S2. The Balaban J connectivity index is 2.07. The monoisotopic (exact) mass is 287 g/mol. The van der Waals surface area contributed by atoms with Gasteiger partial charge in [-0.25, -0.2) is 13.4 Å². The molecule has 2 heterocycles. The Morgan fingerprint density at radius 2 is 2.17 bits per heavy atom. The summed E-state index contributed by atoms with van der Waals surface area (Å²) < 4.78 is 24.2. The Labute approximate surface area is 111 Å². The lowest BCUT2D eigenvalue weighted by atomic mass is 10.3. The average Bonchev–Trinajstić information content (AvgIpc) is 2.74. The second-order valence-electron chi connectivity index (χ2n) is 4.45. The zero-order chi connectivity index (χ0) is 13.3. The van der Waals surface area contributed by atoms with Crippen LogP contribution in [-0.4, -0.2) is 36.4 Å². The van der Waals surface area contributed by atoms with E-state index < -0.39 is 9.84 Å². The van der Waals surface area contributed by atoms with Crippen molar-refractivity contribution in [3.63, 3.8) is 0 Å². The second-order valence-corrected chi connectivity index (χ2v) is 7.54. The molecule has 5 nitrogen and oxygen atoms in total. The fourth-order valence-corrected chi connectivity index (χ4v) is 3.29. The van der Waals surface area contributed by atoms with E-state index in [1.807, 2.05) is 13.8 Å². The first-order chi connectivity index (χ1) is 8.38. The van der Waals surface area contributed by atoms with Crippen molar-refractivity contribution in [2.24, 2.45) is 0 Å². The summed E-state index contributed by atoms with van der Waals surface area (Å²) in [5, 5.41) is 5.23. The molecule has 0 bridgehead atoms. The third kappa shape index (κ3) is 2.90. The van der Waals surface area contributed by atoms with E-state index in [9.17, 15) is 8.42 Å². The quantitative estimate of drug-likeness (QED) is 0.838. The number of sulfone groups is 1. The van der Waals surface area contributed by atoms with Crippen LogP contribution in [0.4, 0.5) is 0 Å². The number of aromatic nitrogens is 2. The van der Waals surface area contributed by atoms with E-state index in [0.717, 1.165) is 22.0 Å². The number of rotatable bonds is 5. The molecule has 1 N–H and O–H groups in total. The molecule has 0 saturated carbocycles. The van der Waals surface area contributed by atoms with Crippen LogP contribution in [0.15, 0.2) is 5.38 Å². The molecule has 2 aromatic heterocycles. The molecule has 0 radical (unpaired) electrons. The topological polar surface area (TPSA) is 63.5 Å². The number of imidazole rings is 1. The van der Waals surface area contributed by atoms with Crippen LogP contribution < -0.4 is 5.32 Å². The lowest BCUT2D eigenvalue weighted by molar-refractivity contribution is 0.595. The summed E-state index contributed by atoms with van der Waals surface area (Å²) in [5.41, 5.74) is 3.27. The molecule has 7 heteroatoms. The van der Waals surface area contributed by atoms with Crippen LogP contribution >= 0.6 is 11.3 Å². The standard InChI is InChI=1S/C11H17N3O2S2/c1-8-7-17-11-13-9(2)10(14(8)11)6-12-4-5-18(3,15)16/h7,12H,4-6H2,1-3H3. The van der Waals surface area contributed by atoms with Crippen molar-refractivity contribution in [3.05, 3.63) is 22.5 Å². The van der Waals surface area contributed by atoms with Gasteiger partial charge in [0.05, 0.1) is 17.1 Å².